The Morgan fingerprint density at radius 1 is 1.62 bits per heavy atom. The Kier molecular flexibility index (Phi) is 6.54. The molecule has 0 aromatic rings. The van der Waals surface area contributed by atoms with Crippen molar-refractivity contribution in [3.8, 4) is 0 Å². The van der Waals surface area contributed by atoms with Crippen LogP contribution in [0.25, 0.3) is 0 Å². The second kappa shape index (κ2) is 6.86. The van der Waals surface area contributed by atoms with E-state index in [-0.39, 0.29) is 6.42 Å². The fraction of sp³-hybridized carbons (Fsp3) is 0.889. The minimum atomic E-state index is -0.751. The van der Waals surface area contributed by atoms with Gasteiger partial charge in [-0.1, -0.05) is 6.92 Å². The van der Waals surface area contributed by atoms with E-state index >= 15 is 0 Å². The Hall–Kier alpha value is -0.610. The molecule has 0 aromatic heterocycles. The molecule has 0 aliphatic heterocycles. The molecule has 0 aliphatic rings. The van der Waals surface area contributed by atoms with Gasteiger partial charge in [0, 0.05) is 19.7 Å². The van der Waals surface area contributed by atoms with Gasteiger partial charge >= 0.3 is 5.97 Å². The molecule has 0 aliphatic carbocycles. The van der Waals surface area contributed by atoms with Crippen LogP contribution in [0.1, 0.15) is 19.8 Å². The van der Waals surface area contributed by atoms with Crippen LogP contribution in [0.15, 0.2) is 0 Å². The first-order valence-electron chi connectivity index (χ1n) is 4.52. The van der Waals surface area contributed by atoms with Crippen molar-refractivity contribution in [2.75, 3.05) is 27.3 Å². The SMILES string of the molecule is CCC(COC)N(C)CCC(=O)O. The van der Waals surface area contributed by atoms with E-state index in [1.165, 1.54) is 0 Å². The van der Waals surface area contributed by atoms with E-state index < -0.39 is 5.97 Å². The molecule has 0 rings (SSSR count). The molecule has 0 spiro atoms. The number of methoxy groups -OCH3 is 1. The third-order valence-electron chi connectivity index (χ3n) is 2.13. The first-order chi connectivity index (χ1) is 6.11. The fourth-order valence-corrected chi connectivity index (χ4v) is 1.20. The summed E-state index contributed by atoms with van der Waals surface area (Å²) in [4.78, 5) is 12.3. The van der Waals surface area contributed by atoms with Gasteiger partial charge in [0.25, 0.3) is 0 Å². The fourth-order valence-electron chi connectivity index (χ4n) is 1.20. The highest BCUT2D eigenvalue weighted by molar-refractivity contribution is 5.66. The molecule has 1 N–H and O–H groups in total. The number of carbonyl (C=O) groups is 1. The average Bonchev–Trinajstić information content (AvgIpc) is 2.10. The lowest BCUT2D eigenvalue weighted by atomic mass is 10.2. The van der Waals surface area contributed by atoms with Crippen LogP contribution in [-0.2, 0) is 9.53 Å². The summed E-state index contributed by atoms with van der Waals surface area (Å²) in [5.74, 6) is -0.751. The van der Waals surface area contributed by atoms with Gasteiger partial charge in [-0.15, -0.1) is 0 Å². The van der Waals surface area contributed by atoms with Crippen LogP contribution in [0.4, 0.5) is 0 Å². The van der Waals surface area contributed by atoms with Crippen LogP contribution in [0.5, 0.6) is 0 Å². The zero-order valence-electron chi connectivity index (χ0n) is 8.62. The second-order valence-corrected chi connectivity index (χ2v) is 3.14. The van der Waals surface area contributed by atoms with Crippen molar-refractivity contribution in [2.24, 2.45) is 0 Å². The first kappa shape index (κ1) is 12.4. The molecule has 4 heteroatoms. The number of carboxylic acids is 1. The minimum Gasteiger partial charge on any atom is -0.481 e. The molecule has 0 heterocycles. The predicted molar refractivity (Wildman–Crippen MR) is 50.8 cm³/mol. The molecule has 0 saturated carbocycles. The van der Waals surface area contributed by atoms with Gasteiger partial charge in [-0.3, -0.25) is 4.79 Å². The van der Waals surface area contributed by atoms with Crippen molar-refractivity contribution >= 4 is 5.97 Å². The summed E-state index contributed by atoms with van der Waals surface area (Å²) in [6, 6.07) is 0.323. The van der Waals surface area contributed by atoms with Gasteiger partial charge in [0.1, 0.15) is 0 Å². The Labute approximate surface area is 79.5 Å². The maximum absolute atomic E-state index is 10.3. The lowest BCUT2D eigenvalue weighted by Gasteiger charge is -2.25. The molecule has 0 amide bonds. The van der Waals surface area contributed by atoms with Crippen LogP contribution in [0.3, 0.4) is 0 Å². The van der Waals surface area contributed by atoms with Gasteiger partial charge in [-0.2, -0.15) is 0 Å². The highest BCUT2D eigenvalue weighted by atomic mass is 16.5. The summed E-state index contributed by atoms with van der Waals surface area (Å²) in [6.45, 7) is 3.31. The van der Waals surface area contributed by atoms with Crippen LogP contribution in [0, 0.1) is 0 Å². The van der Waals surface area contributed by atoms with E-state index in [0.717, 1.165) is 6.42 Å². The van der Waals surface area contributed by atoms with E-state index in [4.69, 9.17) is 9.84 Å². The molecule has 13 heavy (non-hydrogen) atoms. The highest BCUT2D eigenvalue weighted by Gasteiger charge is 2.12. The highest BCUT2D eigenvalue weighted by Crippen LogP contribution is 2.02. The third kappa shape index (κ3) is 5.60. The number of carboxylic acid groups (broad SMARTS) is 1. The number of ether oxygens (including phenoxy) is 1. The van der Waals surface area contributed by atoms with Gasteiger partial charge < -0.3 is 14.7 Å². The molecule has 1 atom stereocenters. The van der Waals surface area contributed by atoms with Crippen molar-refractivity contribution in [2.45, 2.75) is 25.8 Å². The summed E-state index contributed by atoms with van der Waals surface area (Å²) < 4.78 is 5.03. The topological polar surface area (TPSA) is 49.8 Å². The smallest absolute Gasteiger partial charge is 0.304 e. The number of hydrogen-bond donors (Lipinski definition) is 1. The Bertz CT molecular complexity index is 150. The zero-order valence-corrected chi connectivity index (χ0v) is 8.62. The molecule has 0 fully saturated rings. The Balaban J connectivity index is 3.76. The lowest BCUT2D eigenvalue weighted by Crippen LogP contribution is -2.36. The van der Waals surface area contributed by atoms with Gasteiger partial charge in [-0.05, 0) is 13.5 Å². The zero-order chi connectivity index (χ0) is 10.3. The molecule has 1 unspecified atom stereocenters. The largest absolute Gasteiger partial charge is 0.481 e. The number of nitrogens with zero attached hydrogens (tertiary/aromatic N) is 1. The van der Waals surface area contributed by atoms with E-state index in [2.05, 4.69) is 6.92 Å². The molecule has 0 aromatic carbocycles. The van der Waals surface area contributed by atoms with E-state index in [0.29, 0.717) is 19.2 Å². The quantitative estimate of drug-likeness (QED) is 0.644. The molecule has 0 bridgehead atoms. The maximum Gasteiger partial charge on any atom is 0.304 e. The second-order valence-electron chi connectivity index (χ2n) is 3.14. The maximum atomic E-state index is 10.3. The van der Waals surface area contributed by atoms with Crippen molar-refractivity contribution < 1.29 is 14.6 Å². The standard InChI is InChI=1S/C9H19NO3/c1-4-8(7-13-3)10(2)6-5-9(11)12/h8H,4-7H2,1-3H3,(H,11,12). The summed E-state index contributed by atoms with van der Waals surface area (Å²) in [5, 5.41) is 8.49. The predicted octanol–water partition coefficient (Wildman–Crippen LogP) is 0.818. The van der Waals surface area contributed by atoms with Gasteiger partial charge in [0.05, 0.1) is 13.0 Å². The van der Waals surface area contributed by atoms with Crippen LogP contribution in [-0.4, -0.2) is 49.3 Å². The summed E-state index contributed by atoms with van der Waals surface area (Å²) in [5.41, 5.74) is 0. The molecular weight excluding hydrogens is 170 g/mol. The van der Waals surface area contributed by atoms with Crippen LogP contribution >= 0.6 is 0 Å². The summed E-state index contributed by atoms with van der Waals surface area (Å²) in [6.07, 6.45) is 1.17. The van der Waals surface area contributed by atoms with Gasteiger partial charge in [-0.25, -0.2) is 0 Å². The molecule has 0 radical (unpaired) electrons. The summed E-state index contributed by atoms with van der Waals surface area (Å²) in [7, 11) is 3.59. The van der Waals surface area contributed by atoms with Crippen molar-refractivity contribution in [3.05, 3.63) is 0 Å². The molecule has 0 saturated heterocycles. The van der Waals surface area contributed by atoms with Crippen LogP contribution < -0.4 is 0 Å². The molecule has 4 nitrogen and oxygen atoms in total. The Morgan fingerprint density at radius 2 is 2.23 bits per heavy atom. The number of rotatable bonds is 7. The van der Waals surface area contributed by atoms with E-state index in [1.807, 2.05) is 11.9 Å². The average molecular weight is 189 g/mol. The molecular formula is C9H19NO3. The normalized spacial score (nSPS) is 13.2. The van der Waals surface area contributed by atoms with Gasteiger partial charge in [0.15, 0.2) is 0 Å². The van der Waals surface area contributed by atoms with Gasteiger partial charge in [0.2, 0.25) is 0 Å². The molecule has 78 valence electrons. The monoisotopic (exact) mass is 189 g/mol. The van der Waals surface area contributed by atoms with Crippen LogP contribution in [0.2, 0.25) is 0 Å². The first-order valence-corrected chi connectivity index (χ1v) is 4.52. The van der Waals surface area contributed by atoms with Crippen molar-refractivity contribution in [1.82, 2.24) is 4.90 Å². The van der Waals surface area contributed by atoms with Crippen molar-refractivity contribution in [3.63, 3.8) is 0 Å². The van der Waals surface area contributed by atoms with E-state index in [1.54, 1.807) is 7.11 Å². The minimum absolute atomic E-state index is 0.191. The van der Waals surface area contributed by atoms with Crippen molar-refractivity contribution in [1.29, 1.82) is 0 Å². The number of aliphatic carboxylic acids is 1. The van der Waals surface area contributed by atoms with E-state index in [9.17, 15) is 4.79 Å². The summed E-state index contributed by atoms with van der Waals surface area (Å²) >= 11 is 0. The Morgan fingerprint density at radius 3 is 2.62 bits per heavy atom. The lowest BCUT2D eigenvalue weighted by molar-refractivity contribution is -0.137. The number of hydrogen-bond acceptors (Lipinski definition) is 3. The third-order valence-corrected chi connectivity index (χ3v) is 2.13. The number of likely N-dealkylation sites (N-methyl/N-ethyl adjacent to an activating group) is 1.